The first kappa shape index (κ1) is 12.4. The van der Waals surface area contributed by atoms with Crippen molar-refractivity contribution in [2.45, 2.75) is 0 Å². The van der Waals surface area contributed by atoms with E-state index in [9.17, 15) is 4.79 Å². The van der Waals surface area contributed by atoms with E-state index in [1.54, 1.807) is 11.1 Å². The lowest BCUT2D eigenvalue weighted by atomic mass is 10.3. The Hall–Kier alpha value is -1.59. The third kappa shape index (κ3) is 2.09. The summed E-state index contributed by atoms with van der Waals surface area (Å²) < 4.78 is 8.73. The van der Waals surface area contributed by atoms with Gasteiger partial charge in [0.25, 0.3) is 5.56 Å². The van der Waals surface area contributed by atoms with Gasteiger partial charge in [-0.15, -0.1) is 0 Å². The zero-order valence-electron chi connectivity index (χ0n) is 10.1. The Morgan fingerprint density at radius 3 is 2.74 bits per heavy atom. The van der Waals surface area contributed by atoms with Crippen molar-refractivity contribution in [3.05, 3.63) is 57.3 Å². The number of benzene rings is 2. The second-order valence-corrected chi connectivity index (χ2v) is 5.85. The van der Waals surface area contributed by atoms with Crippen LogP contribution in [0.15, 0.2) is 51.7 Å². The molecule has 1 aromatic heterocycles. The number of hydrogen-bond donors (Lipinski definition) is 0. The molecule has 19 heavy (non-hydrogen) atoms. The highest BCUT2D eigenvalue weighted by Crippen LogP contribution is 2.28. The molecule has 0 bridgehead atoms. The van der Waals surface area contributed by atoms with E-state index in [0.717, 1.165) is 26.0 Å². The van der Waals surface area contributed by atoms with Gasteiger partial charge in [-0.2, -0.15) is 0 Å². The molecular formula is C14H10BrNO2S. The number of fused-ring (bicyclic) bond motifs is 1. The first-order valence-corrected chi connectivity index (χ1v) is 7.22. The van der Waals surface area contributed by atoms with E-state index in [4.69, 9.17) is 4.74 Å². The molecule has 0 radical (unpaired) electrons. The lowest BCUT2D eigenvalue weighted by Gasteiger charge is -2.06. The van der Waals surface area contributed by atoms with E-state index >= 15 is 0 Å². The Morgan fingerprint density at radius 1 is 1.21 bits per heavy atom. The van der Waals surface area contributed by atoms with Crippen LogP contribution < -0.4 is 10.3 Å². The average molecular weight is 336 g/mol. The Kier molecular flexibility index (Phi) is 3.16. The second-order valence-electron chi connectivity index (χ2n) is 4.00. The molecule has 96 valence electrons. The van der Waals surface area contributed by atoms with Gasteiger partial charge in [-0.25, -0.2) is 3.96 Å². The predicted octanol–water partition coefficient (Wildman–Crippen LogP) is 3.82. The monoisotopic (exact) mass is 335 g/mol. The molecule has 5 heteroatoms. The first-order chi connectivity index (χ1) is 9.20. The number of nitrogens with zero attached hydrogens (tertiary/aromatic N) is 1. The van der Waals surface area contributed by atoms with E-state index in [1.165, 1.54) is 11.5 Å². The van der Waals surface area contributed by atoms with Gasteiger partial charge in [-0.3, -0.25) is 4.79 Å². The SMILES string of the molecule is COc1ccc(Br)c(-n2sc3ccccc3c2=O)c1. The van der Waals surface area contributed by atoms with Crippen LogP contribution in [0, 0.1) is 0 Å². The summed E-state index contributed by atoms with van der Waals surface area (Å²) >= 11 is 4.91. The minimum absolute atomic E-state index is 0.00504. The third-order valence-electron chi connectivity index (χ3n) is 2.86. The molecule has 0 atom stereocenters. The number of methoxy groups -OCH3 is 1. The molecule has 1 heterocycles. The maximum atomic E-state index is 12.4. The summed E-state index contributed by atoms with van der Waals surface area (Å²) in [6.07, 6.45) is 0. The molecule has 0 unspecified atom stereocenters. The van der Waals surface area contributed by atoms with E-state index in [-0.39, 0.29) is 5.56 Å². The zero-order valence-corrected chi connectivity index (χ0v) is 12.5. The molecule has 0 aliphatic carbocycles. The summed E-state index contributed by atoms with van der Waals surface area (Å²) in [4.78, 5) is 12.4. The highest BCUT2D eigenvalue weighted by atomic mass is 79.9. The quantitative estimate of drug-likeness (QED) is 0.712. The van der Waals surface area contributed by atoms with Crippen LogP contribution in [-0.2, 0) is 0 Å². The van der Waals surface area contributed by atoms with Crippen LogP contribution in [0.1, 0.15) is 0 Å². The second kappa shape index (κ2) is 4.83. The molecule has 3 nitrogen and oxygen atoms in total. The number of ether oxygens (including phenoxy) is 1. The summed E-state index contributed by atoms with van der Waals surface area (Å²) in [7, 11) is 1.61. The summed E-state index contributed by atoms with van der Waals surface area (Å²) in [5, 5.41) is 0.738. The van der Waals surface area contributed by atoms with Crippen molar-refractivity contribution in [3.63, 3.8) is 0 Å². The Morgan fingerprint density at radius 2 is 2.00 bits per heavy atom. The van der Waals surface area contributed by atoms with Gasteiger partial charge >= 0.3 is 0 Å². The van der Waals surface area contributed by atoms with Crippen molar-refractivity contribution in [3.8, 4) is 11.4 Å². The molecule has 0 saturated heterocycles. The van der Waals surface area contributed by atoms with Gasteiger partial charge in [-0.05, 0) is 40.2 Å². The Labute approximate surface area is 122 Å². The number of hydrogen-bond acceptors (Lipinski definition) is 3. The van der Waals surface area contributed by atoms with Gasteiger partial charge in [0.1, 0.15) is 5.75 Å². The minimum atomic E-state index is -0.00504. The molecule has 0 saturated carbocycles. The average Bonchev–Trinajstić information content (AvgIpc) is 2.77. The topological polar surface area (TPSA) is 31.2 Å². The zero-order chi connectivity index (χ0) is 13.4. The van der Waals surface area contributed by atoms with Gasteiger partial charge in [0, 0.05) is 10.5 Å². The van der Waals surface area contributed by atoms with Crippen LogP contribution >= 0.6 is 27.5 Å². The van der Waals surface area contributed by atoms with Crippen LogP contribution in [0.4, 0.5) is 0 Å². The standard InChI is InChI=1S/C14H10BrNO2S/c1-18-9-6-7-11(15)12(8-9)16-14(17)10-4-2-3-5-13(10)19-16/h2-8H,1H3. The van der Waals surface area contributed by atoms with Gasteiger partial charge in [-0.1, -0.05) is 23.7 Å². The molecule has 0 fully saturated rings. The molecule has 0 spiro atoms. The normalized spacial score (nSPS) is 10.8. The maximum absolute atomic E-state index is 12.4. The highest BCUT2D eigenvalue weighted by Gasteiger charge is 2.12. The summed E-state index contributed by atoms with van der Waals surface area (Å²) in [6, 6.07) is 13.2. The third-order valence-corrected chi connectivity index (χ3v) is 4.63. The first-order valence-electron chi connectivity index (χ1n) is 5.65. The maximum Gasteiger partial charge on any atom is 0.273 e. The van der Waals surface area contributed by atoms with E-state index in [0.29, 0.717) is 0 Å². The number of aromatic nitrogens is 1. The van der Waals surface area contributed by atoms with Gasteiger partial charge in [0.05, 0.1) is 22.9 Å². The van der Waals surface area contributed by atoms with Crippen molar-refractivity contribution in [1.29, 1.82) is 0 Å². The van der Waals surface area contributed by atoms with Crippen LogP contribution in [0.25, 0.3) is 15.8 Å². The fourth-order valence-electron chi connectivity index (χ4n) is 1.91. The molecule has 3 rings (SSSR count). The molecular weight excluding hydrogens is 326 g/mol. The largest absolute Gasteiger partial charge is 0.497 e. The summed E-state index contributed by atoms with van der Waals surface area (Å²) in [6.45, 7) is 0. The molecule has 3 aromatic rings. The molecule has 2 aromatic carbocycles. The highest BCUT2D eigenvalue weighted by molar-refractivity contribution is 9.10. The van der Waals surface area contributed by atoms with E-state index in [1.807, 2.05) is 42.5 Å². The van der Waals surface area contributed by atoms with Crippen molar-refractivity contribution in [1.82, 2.24) is 3.96 Å². The van der Waals surface area contributed by atoms with Crippen molar-refractivity contribution in [2.75, 3.05) is 7.11 Å². The van der Waals surface area contributed by atoms with Crippen LogP contribution in [-0.4, -0.2) is 11.1 Å². The van der Waals surface area contributed by atoms with Crippen LogP contribution in [0.5, 0.6) is 5.75 Å². The van der Waals surface area contributed by atoms with Crippen LogP contribution in [0.3, 0.4) is 0 Å². The number of halogens is 1. The van der Waals surface area contributed by atoms with Gasteiger partial charge in [0.2, 0.25) is 0 Å². The Bertz CT molecular complexity index is 807. The summed E-state index contributed by atoms with van der Waals surface area (Å²) in [5.41, 5.74) is 0.792. The molecule has 0 aliphatic heterocycles. The van der Waals surface area contributed by atoms with Crippen molar-refractivity contribution >= 4 is 37.5 Å². The predicted molar refractivity (Wildman–Crippen MR) is 81.7 cm³/mol. The van der Waals surface area contributed by atoms with E-state index in [2.05, 4.69) is 15.9 Å². The summed E-state index contributed by atoms with van der Waals surface area (Å²) in [5.74, 6) is 0.725. The fourth-order valence-corrected chi connectivity index (χ4v) is 3.47. The van der Waals surface area contributed by atoms with Gasteiger partial charge in [0.15, 0.2) is 0 Å². The lowest BCUT2D eigenvalue weighted by Crippen LogP contribution is -2.11. The molecule has 0 amide bonds. The molecule has 0 N–H and O–H groups in total. The minimum Gasteiger partial charge on any atom is -0.497 e. The lowest BCUT2D eigenvalue weighted by molar-refractivity contribution is 0.414. The number of rotatable bonds is 2. The fraction of sp³-hybridized carbons (Fsp3) is 0.0714. The van der Waals surface area contributed by atoms with Gasteiger partial charge < -0.3 is 4.74 Å². The Balaban J connectivity index is 2.30. The van der Waals surface area contributed by atoms with E-state index < -0.39 is 0 Å². The van der Waals surface area contributed by atoms with Crippen molar-refractivity contribution in [2.24, 2.45) is 0 Å². The smallest absolute Gasteiger partial charge is 0.273 e. The molecule has 0 aliphatic rings. The van der Waals surface area contributed by atoms with Crippen LogP contribution in [0.2, 0.25) is 0 Å². The van der Waals surface area contributed by atoms with Crippen molar-refractivity contribution < 1.29 is 4.74 Å².